The van der Waals surface area contributed by atoms with E-state index in [2.05, 4.69) is 23.8 Å². The Morgan fingerprint density at radius 1 is 0.931 bits per heavy atom. The first-order valence-electron chi connectivity index (χ1n) is 11.1. The average Bonchev–Trinajstić information content (AvgIpc) is 2.69. The Labute approximate surface area is 172 Å². The second kappa shape index (κ2) is 12.9. The zero-order valence-corrected chi connectivity index (χ0v) is 17.4. The summed E-state index contributed by atoms with van der Waals surface area (Å²) in [7, 11) is 0. The van der Waals surface area contributed by atoms with Gasteiger partial charge in [0, 0.05) is 0 Å². The molecule has 1 aromatic rings. The van der Waals surface area contributed by atoms with Crippen LogP contribution in [-0.2, 0) is 6.42 Å². The molecule has 0 amide bonds. The molecule has 1 fully saturated rings. The van der Waals surface area contributed by atoms with Crippen molar-refractivity contribution in [2.75, 3.05) is 0 Å². The van der Waals surface area contributed by atoms with E-state index in [1.54, 1.807) is 0 Å². The number of benzene rings is 1. The lowest BCUT2D eigenvalue weighted by Gasteiger charge is -2.28. The lowest BCUT2D eigenvalue weighted by atomic mass is 9.78. The molecular formula is C24H34F4O. The quantitative estimate of drug-likeness (QED) is 0.190. The maximum atomic E-state index is 13.8. The fourth-order valence-electron chi connectivity index (χ4n) is 4.24. The van der Waals surface area contributed by atoms with Gasteiger partial charge in [-0.15, -0.1) is 0 Å². The van der Waals surface area contributed by atoms with Crippen molar-refractivity contribution in [3.63, 3.8) is 0 Å². The van der Waals surface area contributed by atoms with Gasteiger partial charge in [-0.05, 0) is 61.6 Å². The number of hydrogen-bond acceptors (Lipinski definition) is 1. The number of hydrogen-bond donors (Lipinski definition) is 0. The molecule has 164 valence electrons. The average molecular weight is 415 g/mol. The van der Waals surface area contributed by atoms with Crippen LogP contribution in [-0.4, -0.2) is 6.61 Å². The molecule has 0 aliphatic heterocycles. The van der Waals surface area contributed by atoms with Crippen LogP contribution < -0.4 is 4.74 Å². The molecule has 29 heavy (non-hydrogen) atoms. The van der Waals surface area contributed by atoms with Gasteiger partial charge < -0.3 is 4.74 Å². The highest BCUT2D eigenvalue weighted by Gasteiger charge is 2.22. The normalized spacial score (nSPS) is 19.9. The van der Waals surface area contributed by atoms with Crippen molar-refractivity contribution >= 4 is 0 Å². The van der Waals surface area contributed by atoms with Crippen LogP contribution in [0.1, 0.15) is 83.1 Å². The zero-order chi connectivity index (χ0) is 21.1. The predicted octanol–water partition coefficient (Wildman–Crippen LogP) is 8.22. The fraction of sp³-hybridized carbons (Fsp3) is 0.667. The Morgan fingerprint density at radius 3 is 2.10 bits per heavy atom. The third-order valence-electron chi connectivity index (χ3n) is 5.93. The Morgan fingerprint density at radius 2 is 1.52 bits per heavy atom. The molecule has 0 heterocycles. The van der Waals surface area contributed by atoms with Crippen LogP contribution in [0.5, 0.6) is 5.75 Å². The minimum absolute atomic E-state index is 0.500. The van der Waals surface area contributed by atoms with Crippen molar-refractivity contribution in [1.82, 2.24) is 0 Å². The molecule has 0 atom stereocenters. The minimum atomic E-state index is -3.24. The van der Waals surface area contributed by atoms with Crippen molar-refractivity contribution in [2.45, 2.75) is 90.6 Å². The molecule has 0 radical (unpaired) electrons. The summed E-state index contributed by atoms with van der Waals surface area (Å²) >= 11 is 0. The van der Waals surface area contributed by atoms with Gasteiger partial charge >= 0.3 is 6.61 Å². The van der Waals surface area contributed by atoms with Crippen molar-refractivity contribution in [3.8, 4) is 5.75 Å². The van der Waals surface area contributed by atoms with Crippen LogP contribution in [0, 0.1) is 23.5 Å². The first kappa shape index (κ1) is 23.8. The number of rotatable bonds is 12. The molecule has 1 saturated carbocycles. The van der Waals surface area contributed by atoms with Gasteiger partial charge in [0.15, 0.2) is 17.4 Å². The molecule has 5 heteroatoms. The van der Waals surface area contributed by atoms with Gasteiger partial charge in [-0.2, -0.15) is 8.78 Å². The van der Waals surface area contributed by atoms with Crippen LogP contribution in [0.25, 0.3) is 0 Å². The van der Waals surface area contributed by atoms with Gasteiger partial charge in [-0.3, -0.25) is 0 Å². The summed E-state index contributed by atoms with van der Waals surface area (Å²) in [5.41, 5.74) is 0.500. The lowest BCUT2D eigenvalue weighted by Crippen LogP contribution is -2.15. The largest absolute Gasteiger partial charge is 0.429 e. The van der Waals surface area contributed by atoms with Crippen molar-refractivity contribution in [3.05, 3.63) is 41.5 Å². The van der Waals surface area contributed by atoms with Crippen molar-refractivity contribution in [1.29, 1.82) is 0 Å². The highest BCUT2D eigenvalue weighted by Crippen LogP contribution is 2.35. The summed E-state index contributed by atoms with van der Waals surface area (Å²) in [5, 5.41) is 0. The van der Waals surface area contributed by atoms with Crippen LogP contribution >= 0.6 is 0 Å². The molecule has 0 bridgehead atoms. The van der Waals surface area contributed by atoms with E-state index >= 15 is 0 Å². The van der Waals surface area contributed by atoms with Crippen molar-refractivity contribution < 1.29 is 22.3 Å². The molecule has 1 aromatic carbocycles. The Bertz CT molecular complexity index is 598. The van der Waals surface area contributed by atoms with E-state index < -0.39 is 24.0 Å². The van der Waals surface area contributed by atoms with E-state index in [0.717, 1.165) is 24.5 Å². The Hall–Kier alpha value is -1.52. The summed E-state index contributed by atoms with van der Waals surface area (Å²) in [6.45, 7) is -1.05. The third kappa shape index (κ3) is 8.79. The summed E-state index contributed by atoms with van der Waals surface area (Å²) in [6.07, 6.45) is 18.3. The molecule has 0 unspecified atom stereocenters. The van der Waals surface area contributed by atoms with Gasteiger partial charge in [0.2, 0.25) is 0 Å². The van der Waals surface area contributed by atoms with Gasteiger partial charge in [-0.25, -0.2) is 8.78 Å². The van der Waals surface area contributed by atoms with E-state index in [1.807, 2.05) is 0 Å². The second-order valence-corrected chi connectivity index (χ2v) is 8.24. The molecule has 0 N–H and O–H groups in total. The molecular weight excluding hydrogens is 380 g/mol. The first-order chi connectivity index (χ1) is 14.0. The molecule has 0 aromatic heterocycles. The highest BCUT2D eigenvalue weighted by atomic mass is 19.3. The monoisotopic (exact) mass is 414 g/mol. The Kier molecular flexibility index (Phi) is 10.6. The van der Waals surface area contributed by atoms with Crippen molar-refractivity contribution in [2.24, 2.45) is 11.8 Å². The zero-order valence-electron chi connectivity index (χ0n) is 17.4. The smallest absolute Gasteiger partial charge is 0.387 e. The SMILES string of the molecule is CCC/C=C/CCCC[C@H]1CC[C@H](CCc2cc(F)c(OC(F)F)c(F)c2)CC1. The Balaban J connectivity index is 1.66. The van der Waals surface area contributed by atoms with E-state index in [9.17, 15) is 17.6 Å². The predicted molar refractivity (Wildman–Crippen MR) is 109 cm³/mol. The van der Waals surface area contributed by atoms with Crippen LogP contribution in [0.15, 0.2) is 24.3 Å². The van der Waals surface area contributed by atoms with Crippen LogP contribution in [0.4, 0.5) is 17.6 Å². The fourth-order valence-corrected chi connectivity index (χ4v) is 4.24. The third-order valence-corrected chi connectivity index (χ3v) is 5.93. The van der Waals surface area contributed by atoms with E-state index in [4.69, 9.17) is 0 Å². The van der Waals surface area contributed by atoms with E-state index in [0.29, 0.717) is 17.9 Å². The topological polar surface area (TPSA) is 9.23 Å². The number of halogens is 4. The first-order valence-corrected chi connectivity index (χ1v) is 11.1. The molecule has 2 rings (SSSR count). The van der Waals surface area contributed by atoms with E-state index in [-0.39, 0.29) is 0 Å². The van der Waals surface area contributed by atoms with Crippen LogP contribution in [0.2, 0.25) is 0 Å². The summed E-state index contributed by atoms with van der Waals surface area (Å²) in [6, 6.07) is 2.22. The molecule has 0 saturated heterocycles. The lowest BCUT2D eigenvalue weighted by molar-refractivity contribution is -0.0546. The number of aryl methyl sites for hydroxylation is 1. The van der Waals surface area contributed by atoms with Gasteiger partial charge in [0.25, 0.3) is 0 Å². The summed E-state index contributed by atoms with van der Waals surface area (Å²) in [4.78, 5) is 0. The molecule has 0 spiro atoms. The number of ether oxygens (including phenoxy) is 1. The molecule has 1 aliphatic carbocycles. The van der Waals surface area contributed by atoms with Crippen LogP contribution in [0.3, 0.4) is 0 Å². The maximum absolute atomic E-state index is 13.8. The minimum Gasteiger partial charge on any atom is -0.429 e. The van der Waals surface area contributed by atoms with Gasteiger partial charge in [0.05, 0.1) is 0 Å². The summed E-state index contributed by atoms with van der Waals surface area (Å²) < 4.78 is 56.0. The number of alkyl halides is 2. The van der Waals surface area contributed by atoms with Gasteiger partial charge in [-0.1, -0.05) is 64.0 Å². The second-order valence-electron chi connectivity index (χ2n) is 8.24. The molecule has 1 nitrogen and oxygen atoms in total. The summed E-state index contributed by atoms with van der Waals surface area (Å²) in [5.74, 6) is -1.73. The number of allylic oxidation sites excluding steroid dienone is 2. The standard InChI is InChI=1S/C24H34F4O/c1-2-3-4-5-6-7-8-9-18-10-12-19(13-11-18)14-15-20-16-21(25)23(22(26)17-20)29-24(27)28/h4-5,16-19,24H,2-3,6-15H2,1H3/b5-4+/t18-,19-. The molecule has 1 aliphatic rings. The highest BCUT2D eigenvalue weighted by molar-refractivity contribution is 5.31. The maximum Gasteiger partial charge on any atom is 0.387 e. The van der Waals surface area contributed by atoms with E-state index in [1.165, 1.54) is 64.2 Å². The number of unbranched alkanes of at least 4 members (excludes halogenated alkanes) is 3. The van der Waals surface area contributed by atoms with Gasteiger partial charge in [0.1, 0.15) is 0 Å².